The molecule has 0 aromatic carbocycles. The van der Waals surface area contributed by atoms with Gasteiger partial charge in [0, 0.05) is 56.7 Å². The Labute approximate surface area is 184 Å². The average molecular weight is 427 g/mol. The van der Waals surface area contributed by atoms with Crippen molar-refractivity contribution in [3.05, 3.63) is 35.4 Å². The predicted octanol–water partition coefficient (Wildman–Crippen LogP) is 2.79. The molecule has 0 saturated carbocycles. The van der Waals surface area contributed by atoms with Crippen LogP contribution in [0.5, 0.6) is 0 Å². The van der Waals surface area contributed by atoms with Crippen molar-refractivity contribution in [1.29, 1.82) is 0 Å². The number of anilines is 1. The fourth-order valence-electron chi connectivity index (χ4n) is 4.47. The zero-order chi connectivity index (χ0) is 21.8. The van der Waals surface area contributed by atoms with E-state index in [4.69, 9.17) is 9.72 Å². The van der Waals surface area contributed by atoms with Crippen LogP contribution in [0.3, 0.4) is 0 Å². The number of carbonyl (C=O) groups is 1. The Balaban J connectivity index is 1.38. The topological polar surface area (TPSA) is 85.2 Å². The maximum absolute atomic E-state index is 12.9. The third kappa shape index (κ3) is 5.23. The van der Waals surface area contributed by atoms with E-state index in [-0.39, 0.29) is 11.9 Å². The summed E-state index contributed by atoms with van der Waals surface area (Å²) in [6.45, 7) is 10.2. The molecule has 2 aliphatic rings. The third-order valence-electron chi connectivity index (χ3n) is 6.09. The number of aromatic nitrogens is 4. The van der Waals surface area contributed by atoms with Crippen LogP contribution >= 0.6 is 0 Å². The zero-order valence-corrected chi connectivity index (χ0v) is 18.9. The quantitative estimate of drug-likeness (QED) is 0.733. The molecule has 0 radical (unpaired) electrons. The number of nitrogens with zero attached hydrogens (tertiary/aromatic N) is 5. The lowest BCUT2D eigenvalue weighted by atomic mass is 9.96. The summed E-state index contributed by atoms with van der Waals surface area (Å²) in [5, 5.41) is 7.80. The summed E-state index contributed by atoms with van der Waals surface area (Å²) < 4.78 is 7.28. The molecule has 0 aliphatic carbocycles. The number of hydrogen-bond donors (Lipinski definition) is 1. The number of carbonyl (C=O) groups excluding carboxylic acids is 1. The van der Waals surface area contributed by atoms with Crippen LogP contribution in [0.2, 0.25) is 0 Å². The monoisotopic (exact) mass is 426 g/mol. The lowest BCUT2D eigenvalue weighted by Crippen LogP contribution is -2.38. The molecule has 1 atom stereocenters. The molecule has 31 heavy (non-hydrogen) atoms. The first-order valence-electron chi connectivity index (χ1n) is 11.6. The van der Waals surface area contributed by atoms with Gasteiger partial charge in [-0.2, -0.15) is 5.10 Å². The Bertz CT molecular complexity index is 890. The van der Waals surface area contributed by atoms with Crippen LogP contribution in [0.25, 0.3) is 0 Å². The molecule has 1 amide bonds. The molecule has 2 aromatic rings. The van der Waals surface area contributed by atoms with Gasteiger partial charge in [-0.1, -0.05) is 13.8 Å². The van der Waals surface area contributed by atoms with E-state index in [2.05, 4.69) is 34.1 Å². The molecule has 2 aliphatic heterocycles. The molecule has 1 N–H and O–H groups in total. The molecule has 168 valence electrons. The highest BCUT2D eigenvalue weighted by atomic mass is 16.5. The second kappa shape index (κ2) is 9.77. The van der Waals surface area contributed by atoms with Crippen molar-refractivity contribution in [2.45, 2.75) is 65.0 Å². The van der Waals surface area contributed by atoms with Gasteiger partial charge in [0.15, 0.2) is 0 Å². The number of amides is 1. The lowest BCUT2D eigenvalue weighted by Gasteiger charge is -2.23. The highest BCUT2D eigenvalue weighted by Crippen LogP contribution is 2.27. The van der Waals surface area contributed by atoms with Crippen LogP contribution < -0.4 is 10.2 Å². The number of aryl methyl sites for hydroxylation is 1. The van der Waals surface area contributed by atoms with Crippen molar-refractivity contribution >= 4 is 11.9 Å². The van der Waals surface area contributed by atoms with Crippen molar-refractivity contribution in [1.82, 2.24) is 25.1 Å². The summed E-state index contributed by atoms with van der Waals surface area (Å²) >= 11 is 0. The van der Waals surface area contributed by atoms with E-state index in [1.165, 1.54) is 0 Å². The first-order chi connectivity index (χ1) is 15.0. The third-order valence-corrected chi connectivity index (χ3v) is 6.09. The summed E-state index contributed by atoms with van der Waals surface area (Å²) in [5.74, 6) is 1.67. The van der Waals surface area contributed by atoms with Crippen molar-refractivity contribution in [2.75, 3.05) is 31.2 Å². The molecule has 2 aromatic heterocycles. The van der Waals surface area contributed by atoms with Crippen LogP contribution in [-0.2, 0) is 17.7 Å². The van der Waals surface area contributed by atoms with Crippen molar-refractivity contribution in [3.8, 4) is 0 Å². The van der Waals surface area contributed by atoms with Gasteiger partial charge in [0.05, 0.1) is 5.69 Å². The number of rotatable bonds is 7. The summed E-state index contributed by atoms with van der Waals surface area (Å²) in [6, 6.07) is 4.04. The van der Waals surface area contributed by atoms with Gasteiger partial charge in [-0.05, 0) is 50.7 Å². The summed E-state index contributed by atoms with van der Waals surface area (Å²) in [6.07, 6.45) is 5.65. The maximum Gasteiger partial charge on any atom is 0.269 e. The maximum atomic E-state index is 12.9. The van der Waals surface area contributed by atoms with Crippen LogP contribution in [0, 0.1) is 5.92 Å². The van der Waals surface area contributed by atoms with Crippen LogP contribution in [0.15, 0.2) is 18.3 Å². The average Bonchev–Trinajstić information content (AvgIpc) is 3.41. The second-order valence-corrected chi connectivity index (χ2v) is 9.01. The lowest BCUT2D eigenvalue weighted by molar-refractivity contribution is 0.0845. The molecule has 8 heteroatoms. The van der Waals surface area contributed by atoms with Gasteiger partial charge in [0.1, 0.15) is 5.69 Å². The van der Waals surface area contributed by atoms with E-state index in [0.29, 0.717) is 24.1 Å². The minimum atomic E-state index is -0.0481. The molecule has 4 rings (SSSR count). The molecular formula is C23H34N6O2. The van der Waals surface area contributed by atoms with Gasteiger partial charge in [-0.15, -0.1) is 0 Å². The van der Waals surface area contributed by atoms with E-state index in [9.17, 15) is 4.79 Å². The minimum Gasteiger partial charge on any atom is -0.381 e. The van der Waals surface area contributed by atoms with E-state index in [0.717, 1.165) is 69.3 Å². The van der Waals surface area contributed by atoms with Crippen LogP contribution in [0.4, 0.5) is 5.95 Å². The van der Waals surface area contributed by atoms with Crippen molar-refractivity contribution in [3.63, 3.8) is 0 Å². The fraction of sp³-hybridized carbons (Fsp3) is 0.652. The first-order valence-corrected chi connectivity index (χ1v) is 11.6. The largest absolute Gasteiger partial charge is 0.381 e. The summed E-state index contributed by atoms with van der Waals surface area (Å²) in [7, 11) is 0. The second-order valence-electron chi connectivity index (χ2n) is 9.01. The van der Waals surface area contributed by atoms with Crippen molar-refractivity contribution in [2.24, 2.45) is 5.92 Å². The van der Waals surface area contributed by atoms with Gasteiger partial charge in [-0.25, -0.2) is 9.97 Å². The number of nitrogens with one attached hydrogen (secondary N) is 1. The first kappa shape index (κ1) is 21.7. The zero-order valence-electron chi connectivity index (χ0n) is 18.9. The summed E-state index contributed by atoms with van der Waals surface area (Å²) in [5.41, 5.74) is 2.73. The number of hydrogen-bond acceptors (Lipinski definition) is 6. The normalized spacial score (nSPS) is 19.9. The Morgan fingerprint density at radius 3 is 2.84 bits per heavy atom. The van der Waals surface area contributed by atoms with Crippen molar-refractivity contribution < 1.29 is 9.53 Å². The predicted molar refractivity (Wildman–Crippen MR) is 119 cm³/mol. The highest BCUT2D eigenvalue weighted by Gasteiger charge is 2.28. The molecule has 8 nitrogen and oxygen atoms in total. The Morgan fingerprint density at radius 2 is 2.10 bits per heavy atom. The Kier molecular flexibility index (Phi) is 6.85. The molecular weight excluding hydrogens is 392 g/mol. The standard InChI is InChI=1S/C23H34N6O2/c1-4-29-21(14-19(27-29)13-16(2)3)22(30)25-18-6-10-28(15-18)23-24-9-5-20(26-23)17-7-11-31-12-8-17/h5,9,14,16-18H,4,6-8,10-13,15H2,1-3H3,(H,25,30). The van der Waals surface area contributed by atoms with Gasteiger partial charge in [0.2, 0.25) is 5.95 Å². The Morgan fingerprint density at radius 1 is 1.29 bits per heavy atom. The fourth-order valence-corrected chi connectivity index (χ4v) is 4.47. The molecule has 0 bridgehead atoms. The van der Waals surface area contributed by atoms with Crippen LogP contribution in [-0.4, -0.2) is 58.0 Å². The molecule has 2 saturated heterocycles. The van der Waals surface area contributed by atoms with Gasteiger partial charge >= 0.3 is 0 Å². The minimum absolute atomic E-state index is 0.0481. The van der Waals surface area contributed by atoms with Crippen LogP contribution in [0.1, 0.15) is 67.8 Å². The molecule has 4 heterocycles. The van der Waals surface area contributed by atoms with E-state index in [1.54, 1.807) is 4.68 Å². The van der Waals surface area contributed by atoms with E-state index >= 15 is 0 Å². The smallest absolute Gasteiger partial charge is 0.269 e. The molecule has 2 fully saturated rings. The molecule has 0 spiro atoms. The van der Waals surface area contributed by atoms with E-state index in [1.807, 2.05) is 25.3 Å². The van der Waals surface area contributed by atoms with Gasteiger partial charge in [-0.3, -0.25) is 9.48 Å². The highest BCUT2D eigenvalue weighted by molar-refractivity contribution is 5.93. The Hall–Kier alpha value is -2.48. The van der Waals surface area contributed by atoms with E-state index < -0.39 is 0 Å². The summed E-state index contributed by atoms with van der Waals surface area (Å²) in [4.78, 5) is 24.5. The van der Waals surface area contributed by atoms with Gasteiger partial charge < -0.3 is 15.0 Å². The number of ether oxygens (including phenoxy) is 1. The molecule has 1 unspecified atom stereocenters. The SMILES string of the molecule is CCn1nc(CC(C)C)cc1C(=O)NC1CCN(c2nccc(C3CCOCC3)n2)C1. The van der Waals surface area contributed by atoms with Gasteiger partial charge in [0.25, 0.3) is 5.91 Å².